The number of carbonyl (C=O) groups is 1. The van der Waals surface area contributed by atoms with Gasteiger partial charge in [-0.05, 0) is 32.0 Å². The van der Waals surface area contributed by atoms with Crippen molar-refractivity contribution in [1.82, 2.24) is 10.2 Å². The van der Waals surface area contributed by atoms with Crippen LogP contribution in [0.3, 0.4) is 0 Å². The third-order valence-electron chi connectivity index (χ3n) is 3.80. The van der Waals surface area contributed by atoms with Crippen LogP contribution in [0.1, 0.15) is 31.0 Å². The van der Waals surface area contributed by atoms with E-state index in [2.05, 4.69) is 5.32 Å². The minimum atomic E-state index is -0.522. The molecule has 104 valence electrons. The fourth-order valence-electron chi connectivity index (χ4n) is 2.38. The summed E-state index contributed by atoms with van der Waals surface area (Å²) in [5, 5.41) is 13.0. The Balaban J connectivity index is 2.01. The van der Waals surface area contributed by atoms with Crippen LogP contribution in [-0.2, 0) is 11.2 Å². The summed E-state index contributed by atoms with van der Waals surface area (Å²) < 4.78 is 0. The minimum absolute atomic E-state index is 0.0445. The number of hydrogen-bond acceptors (Lipinski definition) is 3. The summed E-state index contributed by atoms with van der Waals surface area (Å²) in [6.45, 7) is 4.45. The zero-order valence-corrected chi connectivity index (χ0v) is 11.8. The molecule has 1 aromatic carbocycles. The first-order valence-corrected chi connectivity index (χ1v) is 6.74. The number of aliphatic hydroxyl groups is 1. The van der Waals surface area contributed by atoms with Crippen molar-refractivity contribution in [2.75, 3.05) is 13.6 Å². The molecule has 0 fully saturated rings. The van der Waals surface area contributed by atoms with E-state index in [1.54, 1.807) is 0 Å². The molecule has 4 heteroatoms. The third kappa shape index (κ3) is 3.14. The average Bonchev–Trinajstić information content (AvgIpc) is 2.66. The van der Waals surface area contributed by atoms with Crippen LogP contribution >= 0.6 is 0 Å². The Morgan fingerprint density at radius 2 is 2.16 bits per heavy atom. The van der Waals surface area contributed by atoms with Gasteiger partial charge in [-0.1, -0.05) is 24.3 Å². The van der Waals surface area contributed by atoms with Crippen molar-refractivity contribution in [2.24, 2.45) is 0 Å². The number of hydrogen-bond donors (Lipinski definition) is 2. The molecule has 0 aromatic heterocycles. The van der Waals surface area contributed by atoms with Gasteiger partial charge in [-0.15, -0.1) is 0 Å². The quantitative estimate of drug-likeness (QED) is 0.854. The van der Waals surface area contributed by atoms with E-state index in [0.717, 1.165) is 11.1 Å². The zero-order chi connectivity index (χ0) is 14.0. The number of nitrogens with one attached hydrogen (secondary N) is 1. The van der Waals surface area contributed by atoms with Crippen LogP contribution < -0.4 is 5.32 Å². The SMILES string of the molecule is CC(C)N(C)CC(=O)N[C@H]1c2ccccc2C[C@@H]1O. The minimum Gasteiger partial charge on any atom is -0.390 e. The van der Waals surface area contributed by atoms with Gasteiger partial charge in [-0.2, -0.15) is 0 Å². The van der Waals surface area contributed by atoms with Crippen LogP contribution in [0.2, 0.25) is 0 Å². The molecule has 0 unspecified atom stereocenters. The Bertz CT molecular complexity index is 459. The first-order valence-electron chi connectivity index (χ1n) is 6.74. The van der Waals surface area contributed by atoms with E-state index < -0.39 is 6.10 Å². The average molecular weight is 262 g/mol. The largest absolute Gasteiger partial charge is 0.390 e. The Morgan fingerprint density at radius 1 is 1.47 bits per heavy atom. The molecule has 0 heterocycles. The van der Waals surface area contributed by atoms with Crippen LogP contribution in [0.4, 0.5) is 0 Å². The van der Waals surface area contributed by atoms with Gasteiger partial charge in [0, 0.05) is 12.5 Å². The molecule has 0 aliphatic heterocycles. The molecule has 1 aromatic rings. The van der Waals surface area contributed by atoms with E-state index in [1.807, 2.05) is 50.1 Å². The normalized spacial score (nSPS) is 21.8. The summed E-state index contributed by atoms with van der Waals surface area (Å²) >= 11 is 0. The van der Waals surface area contributed by atoms with Crippen molar-refractivity contribution in [3.05, 3.63) is 35.4 Å². The molecule has 2 N–H and O–H groups in total. The summed E-state index contributed by atoms with van der Waals surface area (Å²) in [7, 11) is 1.92. The maximum absolute atomic E-state index is 12.0. The number of benzene rings is 1. The lowest BCUT2D eigenvalue weighted by molar-refractivity contribution is -0.123. The summed E-state index contributed by atoms with van der Waals surface area (Å²) in [4.78, 5) is 14.0. The monoisotopic (exact) mass is 262 g/mol. The Labute approximate surface area is 114 Å². The van der Waals surface area contributed by atoms with Crippen molar-refractivity contribution in [2.45, 2.75) is 38.5 Å². The number of amides is 1. The lowest BCUT2D eigenvalue weighted by Gasteiger charge is -2.23. The van der Waals surface area contributed by atoms with Gasteiger partial charge in [-0.25, -0.2) is 0 Å². The third-order valence-corrected chi connectivity index (χ3v) is 3.80. The molecule has 1 amide bonds. The summed E-state index contributed by atoms with van der Waals surface area (Å²) in [6.07, 6.45) is 0.0897. The summed E-state index contributed by atoms with van der Waals surface area (Å²) in [5.74, 6) is -0.0445. The van der Waals surface area contributed by atoms with Gasteiger partial charge in [0.25, 0.3) is 0 Å². The van der Waals surface area contributed by atoms with E-state index in [-0.39, 0.29) is 11.9 Å². The predicted octanol–water partition coefficient (Wildman–Crippen LogP) is 1.10. The lowest BCUT2D eigenvalue weighted by Crippen LogP contribution is -2.41. The number of nitrogens with zero attached hydrogens (tertiary/aromatic N) is 1. The highest BCUT2D eigenvalue weighted by Gasteiger charge is 2.31. The molecule has 1 aliphatic carbocycles. The Hall–Kier alpha value is -1.39. The number of likely N-dealkylation sites (N-methyl/N-ethyl adjacent to an activating group) is 1. The standard InChI is InChI=1S/C15H22N2O2/c1-10(2)17(3)9-14(19)16-15-12-7-5-4-6-11(12)8-13(15)18/h4-7,10,13,15,18H,8-9H2,1-3H3,(H,16,19)/t13-,15-/m0/s1. The van der Waals surface area contributed by atoms with E-state index in [9.17, 15) is 9.90 Å². The molecule has 0 spiro atoms. The zero-order valence-electron chi connectivity index (χ0n) is 11.8. The van der Waals surface area contributed by atoms with Gasteiger partial charge < -0.3 is 10.4 Å². The number of carbonyl (C=O) groups excluding carboxylic acids is 1. The first-order chi connectivity index (χ1) is 8.99. The van der Waals surface area contributed by atoms with Gasteiger partial charge in [0.1, 0.15) is 0 Å². The van der Waals surface area contributed by atoms with Gasteiger partial charge in [0.05, 0.1) is 18.7 Å². The maximum Gasteiger partial charge on any atom is 0.234 e. The molecule has 4 nitrogen and oxygen atoms in total. The number of aliphatic hydroxyl groups excluding tert-OH is 1. The first kappa shape index (κ1) is 14.0. The molecule has 2 rings (SSSR count). The molecule has 19 heavy (non-hydrogen) atoms. The number of fused-ring (bicyclic) bond motifs is 1. The van der Waals surface area contributed by atoms with Crippen molar-refractivity contribution in [1.29, 1.82) is 0 Å². The molecule has 2 atom stereocenters. The van der Waals surface area contributed by atoms with Crippen molar-refractivity contribution >= 4 is 5.91 Å². The van der Waals surface area contributed by atoms with E-state index in [1.165, 1.54) is 0 Å². The lowest BCUT2D eigenvalue weighted by atomic mass is 10.1. The molecule has 0 saturated heterocycles. The van der Waals surface area contributed by atoms with Crippen molar-refractivity contribution in [3.63, 3.8) is 0 Å². The van der Waals surface area contributed by atoms with E-state index >= 15 is 0 Å². The van der Waals surface area contributed by atoms with Gasteiger partial charge >= 0.3 is 0 Å². The second-order valence-electron chi connectivity index (χ2n) is 5.52. The van der Waals surface area contributed by atoms with Gasteiger partial charge in [0.2, 0.25) is 5.91 Å². The van der Waals surface area contributed by atoms with Crippen LogP contribution in [0.15, 0.2) is 24.3 Å². The molecular weight excluding hydrogens is 240 g/mol. The molecular formula is C15H22N2O2. The van der Waals surface area contributed by atoms with E-state index in [4.69, 9.17) is 0 Å². The van der Waals surface area contributed by atoms with Crippen molar-refractivity contribution in [3.8, 4) is 0 Å². The van der Waals surface area contributed by atoms with E-state index in [0.29, 0.717) is 19.0 Å². The highest BCUT2D eigenvalue weighted by molar-refractivity contribution is 5.78. The maximum atomic E-state index is 12.0. The van der Waals surface area contributed by atoms with Gasteiger partial charge in [-0.3, -0.25) is 9.69 Å². The number of rotatable bonds is 4. The highest BCUT2D eigenvalue weighted by atomic mass is 16.3. The Kier molecular flexibility index (Phi) is 4.22. The van der Waals surface area contributed by atoms with Crippen molar-refractivity contribution < 1.29 is 9.90 Å². The fourth-order valence-corrected chi connectivity index (χ4v) is 2.38. The predicted molar refractivity (Wildman–Crippen MR) is 74.8 cm³/mol. The second kappa shape index (κ2) is 5.72. The summed E-state index contributed by atoms with van der Waals surface area (Å²) in [5.41, 5.74) is 2.16. The second-order valence-corrected chi connectivity index (χ2v) is 5.52. The molecule has 0 saturated carbocycles. The summed E-state index contributed by atoms with van der Waals surface area (Å²) in [6, 6.07) is 7.93. The smallest absolute Gasteiger partial charge is 0.234 e. The van der Waals surface area contributed by atoms with Crippen LogP contribution in [-0.4, -0.2) is 41.7 Å². The highest BCUT2D eigenvalue weighted by Crippen LogP contribution is 2.31. The van der Waals surface area contributed by atoms with Crippen LogP contribution in [0.5, 0.6) is 0 Å². The van der Waals surface area contributed by atoms with Gasteiger partial charge in [0.15, 0.2) is 0 Å². The molecule has 0 radical (unpaired) electrons. The Morgan fingerprint density at radius 3 is 2.84 bits per heavy atom. The molecule has 1 aliphatic rings. The van der Waals surface area contributed by atoms with Crippen LogP contribution in [0, 0.1) is 0 Å². The topological polar surface area (TPSA) is 52.6 Å². The van der Waals surface area contributed by atoms with Crippen LogP contribution in [0.25, 0.3) is 0 Å². The molecule has 0 bridgehead atoms. The fraction of sp³-hybridized carbons (Fsp3) is 0.533.